The summed E-state index contributed by atoms with van der Waals surface area (Å²) in [5.41, 5.74) is 6.98. The van der Waals surface area contributed by atoms with E-state index in [0.29, 0.717) is 17.8 Å². The molecule has 1 N–H and O–H groups in total. The molecule has 6 rings (SSSR count). The van der Waals surface area contributed by atoms with E-state index in [4.69, 9.17) is 0 Å². The Balaban J connectivity index is 1.49. The van der Waals surface area contributed by atoms with Gasteiger partial charge in [0.15, 0.2) is 0 Å². The van der Waals surface area contributed by atoms with Crippen LogP contribution in [-0.2, 0) is 19.4 Å². The lowest BCUT2D eigenvalue weighted by Crippen LogP contribution is -2.38. The first-order valence-electron chi connectivity index (χ1n) is 12.2. The highest BCUT2D eigenvalue weighted by molar-refractivity contribution is 7.15. The molecule has 0 saturated heterocycles. The van der Waals surface area contributed by atoms with Gasteiger partial charge < -0.3 is 14.8 Å². The van der Waals surface area contributed by atoms with Crippen molar-refractivity contribution in [3.8, 4) is 5.00 Å². The molecule has 4 aromatic rings. The fraction of sp³-hybridized carbons (Fsp3) is 0.276. The fourth-order valence-corrected chi connectivity index (χ4v) is 6.85. The number of anilines is 1. The Bertz CT molecular complexity index is 1440. The van der Waals surface area contributed by atoms with E-state index in [-0.39, 0.29) is 17.9 Å². The number of urea groups is 1. The third-order valence-electron chi connectivity index (χ3n) is 7.22. The summed E-state index contributed by atoms with van der Waals surface area (Å²) in [4.78, 5) is 17.3. The number of nitrogens with one attached hydrogen (secondary N) is 1. The van der Waals surface area contributed by atoms with Crippen LogP contribution < -0.4 is 5.32 Å². The number of hydrogen-bond acceptors (Lipinski definition) is 2. The van der Waals surface area contributed by atoms with Crippen molar-refractivity contribution in [3.05, 3.63) is 105 Å². The van der Waals surface area contributed by atoms with E-state index in [2.05, 4.69) is 53.3 Å². The fourth-order valence-electron chi connectivity index (χ4n) is 5.44. The van der Waals surface area contributed by atoms with Crippen molar-refractivity contribution in [2.75, 3.05) is 5.32 Å². The number of halogens is 1. The van der Waals surface area contributed by atoms with Crippen molar-refractivity contribution in [3.63, 3.8) is 0 Å². The largest absolute Gasteiger partial charge is 0.322 e. The van der Waals surface area contributed by atoms with Crippen LogP contribution >= 0.6 is 11.3 Å². The molecule has 0 saturated carbocycles. The number of carbonyl (C=O) groups excluding carboxylic acids is 1. The second kappa shape index (κ2) is 8.68. The summed E-state index contributed by atoms with van der Waals surface area (Å²) in [6.45, 7) is 4.31. The predicted octanol–water partition coefficient (Wildman–Crippen LogP) is 7.31. The van der Waals surface area contributed by atoms with Gasteiger partial charge in [0.1, 0.15) is 10.8 Å². The molecule has 0 radical (unpaired) electrons. The number of hydrogen-bond donors (Lipinski definition) is 1. The second-order valence-corrected chi connectivity index (χ2v) is 10.7. The first kappa shape index (κ1) is 22.1. The van der Waals surface area contributed by atoms with Crippen molar-refractivity contribution >= 4 is 23.1 Å². The van der Waals surface area contributed by atoms with Crippen LogP contribution in [0, 0.1) is 19.7 Å². The molecule has 3 heterocycles. The van der Waals surface area contributed by atoms with E-state index >= 15 is 0 Å². The molecular formula is C29H28FN3OS. The van der Waals surface area contributed by atoms with Gasteiger partial charge in [-0.3, -0.25) is 0 Å². The van der Waals surface area contributed by atoms with Crippen molar-refractivity contribution in [2.24, 2.45) is 0 Å². The van der Waals surface area contributed by atoms with E-state index in [1.165, 1.54) is 39.9 Å². The molecule has 1 aliphatic carbocycles. The molecular weight excluding hydrogens is 457 g/mol. The third-order valence-corrected chi connectivity index (χ3v) is 8.55. The zero-order chi connectivity index (χ0) is 24.1. The highest BCUT2D eigenvalue weighted by Gasteiger charge is 2.36. The number of carbonyl (C=O) groups is 1. The molecule has 2 amide bonds. The Hall–Kier alpha value is -3.38. The maximum Gasteiger partial charge on any atom is 0.322 e. The van der Waals surface area contributed by atoms with Crippen LogP contribution in [0.5, 0.6) is 0 Å². The first-order valence-corrected chi connectivity index (χ1v) is 13.0. The van der Waals surface area contributed by atoms with Gasteiger partial charge in [0, 0.05) is 22.3 Å². The average Bonchev–Trinajstić information content (AvgIpc) is 3.43. The van der Waals surface area contributed by atoms with Crippen molar-refractivity contribution in [2.45, 2.75) is 52.1 Å². The molecule has 0 bridgehead atoms. The van der Waals surface area contributed by atoms with Crippen LogP contribution in [0.2, 0.25) is 0 Å². The summed E-state index contributed by atoms with van der Waals surface area (Å²) in [7, 11) is 0. The number of fused-ring (bicyclic) bond motifs is 5. The summed E-state index contributed by atoms with van der Waals surface area (Å²) in [5.74, 6) is -0.322. The van der Waals surface area contributed by atoms with E-state index < -0.39 is 0 Å². The van der Waals surface area contributed by atoms with E-state index in [1.54, 1.807) is 19.1 Å². The number of aryl methyl sites for hydroxylation is 3. The van der Waals surface area contributed by atoms with Crippen LogP contribution in [0.1, 0.15) is 57.3 Å². The number of rotatable bonds is 2. The minimum absolute atomic E-state index is 0.226. The van der Waals surface area contributed by atoms with Gasteiger partial charge in [-0.2, -0.15) is 0 Å². The molecule has 6 heteroatoms. The monoisotopic (exact) mass is 485 g/mol. The standard InChI is InChI=1S/C29H28FN3OS/c1-18-7-5-8-20(15-18)27-25-10-6-14-32(25)28-23(22-9-3-4-11-26(22)35-28)17-33(27)29(34)31-21-13-12-19(2)24(30)16-21/h5-8,10,12-16,27H,3-4,9,11,17H2,1-2H3,(H,31,34)/t27-/m1/s1. The molecule has 178 valence electrons. The summed E-state index contributed by atoms with van der Waals surface area (Å²) in [6, 6.07) is 16.9. The van der Waals surface area contributed by atoms with Crippen LogP contribution in [0.4, 0.5) is 14.9 Å². The molecule has 0 unspecified atom stereocenters. The molecule has 0 spiro atoms. The summed E-state index contributed by atoms with van der Waals surface area (Å²) in [6.07, 6.45) is 6.70. The zero-order valence-electron chi connectivity index (χ0n) is 20.0. The maximum atomic E-state index is 14.3. The topological polar surface area (TPSA) is 37.3 Å². The van der Waals surface area contributed by atoms with Crippen molar-refractivity contribution < 1.29 is 9.18 Å². The van der Waals surface area contributed by atoms with Gasteiger partial charge in [0.05, 0.1) is 18.3 Å². The SMILES string of the molecule is Cc1cccc([C@@H]2c3cccn3-c3sc4c(c3CN2C(=O)Nc2ccc(C)c(F)c2)CCCC4)c1. The van der Waals surface area contributed by atoms with Crippen LogP contribution in [-0.4, -0.2) is 15.5 Å². The van der Waals surface area contributed by atoms with Gasteiger partial charge >= 0.3 is 6.03 Å². The Morgan fingerprint density at radius 3 is 2.71 bits per heavy atom. The van der Waals surface area contributed by atoms with E-state index in [1.807, 2.05) is 22.3 Å². The minimum atomic E-state index is -0.322. The minimum Gasteiger partial charge on any atom is -0.310 e. The Kier molecular flexibility index (Phi) is 5.49. The molecule has 2 aromatic heterocycles. The number of aromatic nitrogens is 1. The average molecular weight is 486 g/mol. The third kappa shape index (κ3) is 3.86. The summed E-state index contributed by atoms with van der Waals surface area (Å²) in [5, 5.41) is 4.22. The van der Waals surface area contributed by atoms with Crippen LogP contribution in [0.3, 0.4) is 0 Å². The number of benzene rings is 2. The number of nitrogens with zero attached hydrogens (tertiary/aromatic N) is 2. The molecule has 2 aliphatic rings. The predicted molar refractivity (Wildman–Crippen MR) is 139 cm³/mol. The molecule has 2 aromatic carbocycles. The quantitative estimate of drug-likeness (QED) is 0.318. The molecule has 4 nitrogen and oxygen atoms in total. The van der Waals surface area contributed by atoms with Gasteiger partial charge in [-0.15, -0.1) is 11.3 Å². The molecule has 35 heavy (non-hydrogen) atoms. The van der Waals surface area contributed by atoms with Crippen LogP contribution in [0.15, 0.2) is 60.8 Å². The Morgan fingerprint density at radius 1 is 1.03 bits per heavy atom. The summed E-state index contributed by atoms with van der Waals surface area (Å²) >= 11 is 1.88. The van der Waals surface area contributed by atoms with E-state index in [9.17, 15) is 9.18 Å². The van der Waals surface area contributed by atoms with Gasteiger partial charge in [-0.05, 0) is 80.5 Å². The van der Waals surface area contributed by atoms with E-state index in [0.717, 1.165) is 29.7 Å². The number of thiophene rings is 1. The van der Waals surface area contributed by atoms with Crippen molar-refractivity contribution in [1.82, 2.24) is 9.47 Å². The van der Waals surface area contributed by atoms with Gasteiger partial charge in [-0.25, -0.2) is 9.18 Å². The molecule has 0 fully saturated rings. The van der Waals surface area contributed by atoms with Gasteiger partial charge in [0.2, 0.25) is 0 Å². The summed E-state index contributed by atoms with van der Waals surface area (Å²) < 4.78 is 16.5. The zero-order valence-corrected chi connectivity index (χ0v) is 20.8. The smallest absolute Gasteiger partial charge is 0.310 e. The first-order chi connectivity index (χ1) is 17.0. The van der Waals surface area contributed by atoms with Crippen molar-refractivity contribution in [1.29, 1.82) is 0 Å². The number of amides is 2. The Labute approximate surface area is 209 Å². The molecule has 1 atom stereocenters. The normalized spacial score (nSPS) is 16.8. The Morgan fingerprint density at radius 2 is 1.89 bits per heavy atom. The lowest BCUT2D eigenvalue weighted by molar-refractivity contribution is 0.194. The second-order valence-electron chi connectivity index (χ2n) is 9.64. The highest BCUT2D eigenvalue weighted by Crippen LogP contribution is 2.44. The lowest BCUT2D eigenvalue weighted by atomic mass is 9.95. The molecule has 1 aliphatic heterocycles. The maximum absolute atomic E-state index is 14.3. The van der Waals surface area contributed by atoms with Crippen LogP contribution in [0.25, 0.3) is 5.00 Å². The lowest BCUT2D eigenvalue weighted by Gasteiger charge is -2.31. The van der Waals surface area contributed by atoms with Gasteiger partial charge in [-0.1, -0.05) is 35.9 Å². The highest BCUT2D eigenvalue weighted by atomic mass is 32.1. The van der Waals surface area contributed by atoms with Gasteiger partial charge in [0.25, 0.3) is 0 Å².